The molecule has 0 saturated carbocycles. The van der Waals surface area contributed by atoms with Crippen LogP contribution in [0.25, 0.3) is 0 Å². The van der Waals surface area contributed by atoms with E-state index in [1.54, 1.807) is 11.3 Å². The average Bonchev–Trinajstić information content (AvgIpc) is 3.21. The molecular weight excluding hydrogens is 284 g/mol. The molecule has 2 fully saturated rings. The van der Waals surface area contributed by atoms with Gasteiger partial charge in [0.1, 0.15) is 5.01 Å². The van der Waals surface area contributed by atoms with Gasteiger partial charge in [0, 0.05) is 17.6 Å². The number of ether oxygens (including phenoxy) is 1. The Kier molecular flexibility index (Phi) is 4.75. The van der Waals surface area contributed by atoms with Crippen molar-refractivity contribution in [3.05, 3.63) is 16.1 Å². The van der Waals surface area contributed by atoms with Gasteiger partial charge in [0.25, 0.3) is 0 Å². The fraction of sp³-hybridized carbons (Fsp3) is 0.733. The summed E-state index contributed by atoms with van der Waals surface area (Å²) in [5.74, 6) is 0.881. The summed E-state index contributed by atoms with van der Waals surface area (Å²) in [5, 5.41) is 7.93. The first-order chi connectivity index (χ1) is 10.3. The summed E-state index contributed by atoms with van der Waals surface area (Å²) < 4.78 is 5.89. The van der Waals surface area contributed by atoms with Gasteiger partial charge in [-0.2, -0.15) is 0 Å². The first kappa shape index (κ1) is 14.8. The molecule has 2 saturated heterocycles. The van der Waals surface area contributed by atoms with E-state index in [-0.39, 0.29) is 0 Å². The maximum atomic E-state index is 5.89. The second-order valence-corrected chi connectivity index (χ2v) is 6.83. The molecule has 0 aromatic carbocycles. The van der Waals surface area contributed by atoms with Crippen molar-refractivity contribution in [3.63, 3.8) is 0 Å². The second-order valence-electron chi connectivity index (χ2n) is 5.63. The lowest BCUT2D eigenvalue weighted by molar-refractivity contribution is 0.0992. The van der Waals surface area contributed by atoms with Crippen molar-refractivity contribution >= 4 is 17.3 Å². The highest BCUT2D eigenvalue weighted by atomic mass is 32.1. The summed E-state index contributed by atoms with van der Waals surface area (Å²) in [4.78, 5) is 10.4. The molecular formula is C15H24N4OS. The number of rotatable bonds is 5. The van der Waals surface area contributed by atoms with Crippen molar-refractivity contribution in [1.82, 2.24) is 15.6 Å². The van der Waals surface area contributed by atoms with Crippen LogP contribution in [0, 0.1) is 0 Å². The maximum Gasteiger partial charge on any atom is 0.191 e. The zero-order chi connectivity index (χ0) is 14.7. The summed E-state index contributed by atoms with van der Waals surface area (Å²) in [5.41, 5.74) is 0. The van der Waals surface area contributed by atoms with Crippen LogP contribution in [0.1, 0.15) is 43.0 Å². The molecule has 2 aliphatic rings. The van der Waals surface area contributed by atoms with E-state index in [1.165, 1.54) is 17.7 Å². The van der Waals surface area contributed by atoms with Gasteiger partial charge in [-0.25, -0.2) is 9.98 Å². The first-order valence-electron chi connectivity index (χ1n) is 7.92. The molecule has 1 aromatic rings. The van der Waals surface area contributed by atoms with Gasteiger partial charge >= 0.3 is 0 Å². The van der Waals surface area contributed by atoms with E-state index in [9.17, 15) is 0 Å². The molecule has 3 rings (SSSR count). The minimum Gasteiger partial charge on any atom is -0.373 e. The largest absolute Gasteiger partial charge is 0.373 e. The normalized spacial score (nSPS) is 28.1. The Morgan fingerprint density at radius 3 is 3.00 bits per heavy atom. The Labute approximate surface area is 130 Å². The monoisotopic (exact) mass is 308 g/mol. The smallest absolute Gasteiger partial charge is 0.191 e. The SMILES string of the molecule is CCNC(=NCc1ncc(CC)s1)NC1CC2CCC1O2. The number of fused-ring (bicyclic) bond motifs is 2. The number of aliphatic imine (C=N–C) groups is 1. The van der Waals surface area contributed by atoms with Gasteiger partial charge in [0.2, 0.25) is 0 Å². The van der Waals surface area contributed by atoms with Crippen molar-refractivity contribution in [2.45, 2.75) is 64.3 Å². The molecule has 6 heteroatoms. The van der Waals surface area contributed by atoms with Crippen LogP contribution in [0.5, 0.6) is 0 Å². The van der Waals surface area contributed by atoms with Gasteiger partial charge in [-0.1, -0.05) is 6.92 Å². The van der Waals surface area contributed by atoms with Crippen LogP contribution in [-0.4, -0.2) is 35.7 Å². The number of aromatic nitrogens is 1. The zero-order valence-corrected chi connectivity index (χ0v) is 13.6. The highest BCUT2D eigenvalue weighted by molar-refractivity contribution is 7.11. The van der Waals surface area contributed by atoms with E-state index in [4.69, 9.17) is 4.74 Å². The molecule has 2 aliphatic heterocycles. The van der Waals surface area contributed by atoms with Crippen molar-refractivity contribution in [2.75, 3.05) is 6.54 Å². The Bertz CT molecular complexity index is 502. The van der Waals surface area contributed by atoms with Crippen LogP contribution in [0.4, 0.5) is 0 Å². The predicted octanol–water partition coefficient (Wildman–Crippen LogP) is 2.08. The van der Waals surface area contributed by atoms with Gasteiger partial charge in [0.15, 0.2) is 5.96 Å². The summed E-state index contributed by atoms with van der Waals surface area (Å²) >= 11 is 1.75. The molecule has 116 valence electrons. The fourth-order valence-electron chi connectivity index (χ4n) is 3.02. The van der Waals surface area contributed by atoms with Crippen molar-refractivity contribution in [1.29, 1.82) is 0 Å². The maximum absolute atomic E-state index is 5.89. The lowest BCUT2D eigenvalue weighted by Gasteiger charge is -2.22. The Balaban J connectivity index is 1.59. The Morgan fingerprint density at radius 2 is 2.38 bits per heavy atom. The average molecular weight is 308 g/mol. The number of aryl methyl sites for hydroxylation is 1. The van der Waals surface area contributed by atoms with Gasteiger partial charge in [-0.3, -0.25) is 0 Å². The quantitative estimate of drug-likeness (QED) is 0.646. The highest BCUT2D eigenvalue weighted by Gasteiger charge is 2.41. The summed E-state index contributed by atoms with van der Waals surface area (Å²) in [7, 11) is 0. The molecule has 0 aliphatic carbocycles. The third-order valence-electron chi connectivity index (χ3n) is 4.09. The van der Waals surface area contributed by atoms with E-state index in [0.717, 1.165) is 30.4 Å². The van der Waals surface area contributed by atoms with Crippen LogP contribution in [0.3, 0.4) is 0 Å². The minimum absolute atomic E-state index is 0.366. The standard InChI is InChI=1S/C15H24N4OS/c1-3-11-8-17-14(21-11)9-18-15(16-4-2)19-12-7-10-5-6-13(12)20-10/h8,10,12-13H,3-7,9H2,1-2H3,(H2,16,18,19). The molecule has 0 amide bonds. The molecule has 21 heavy (non-hydrogen) atoms. The van der Waals surface area contributed by atoms with Crippen molar-refractivity contribution in [3.8, 4) is 0 Å². The third-order valence-corrected chi connectivity index (χ3v) is 5.22. The van der Waals surface area contributed by atoms with Gasteiger partial charge in [0.05, 0.1) is 24.8 Å². The molecule has 0 spiro atoms. The Morgan fingerprint density at radius 1 is 1.48 bits per heavy atom. The lowest BCUT2D eigenvalue weighted by atomic mass is 9.96. The van der Waals surface area contributed by atoms with Gasteiger partial charge < -0.3 is 15.4 Å². The zero-order valence-electron chi connectivity index (χ0n) is 12.8. The van der Waals surface area contributed by atoms with Crippen molar-refractivity contribution < 1.29 is 4.74 Å². The number of nitrogens with zero attached hydrogens (tertiary/aromatic N) is 2. The first-order valence-corrected chi connectivity index (χ1v) is 8.74. The minimum atomic E-state index is 0.366. The second kappa shape index (κ2) is 6.75. The highest BCUT2D eigenvalue weighted by Crippen LogP contribution is 2.34. The van der Waals surface area contributed by atoms with Crippen LogP contribution in [0.15, 0.2) is 11.2 Å². The number of guanidine groups is 1. The van der Waals surface area contributed by atoms with E-state index in [1.807, 2.05) is 6.20 Å². The molecule has 2 bridgehead atoms. The molecule has 3 heterocycles. The van der Waals surface area contributed by atoms with Crippen LogP contribution in [-0.2, 0) is 17.7 Å². The van der Waals surface area contributed by atoms with Crippen LogP contribution < -0.4 is 10.6 Å². The molecule has 1 aromatic heterocycles. The lowest BCUT2D eigenvalue weighted by Crippen LogP contribution is -2.47. The molecule has 0 radical (unpaired) electrons. The molecule has 5 nitrogen and oxygen atoms in total. The number of thiazole rings is 1. The van der Waals surface area contributed by atoms with E-state index >= 15 is 0 Å². The summed E-state index contributed by atoms with van der Waals surface area (Å²) in [6, 6.07) is 0.407. The van der Waals surface area contributed by atoms with E-state index < -0.39 is 0 Å². The predicted molar refractivity (Wildman–Crippen MR) is 85.7 cm³/mol. The summed E-state index contributed by atoms with van der Waals surface area (Å²) in [6.45, 7) is 5.75. The number of nitrogens with one attached hydrogen (secondary N) is 2. The van der Waals surface area contributed by atoms with Crippen LogP contribution in [0.2, 0.25) is 0 Å². The van der Waals surface area contributed by atoms with Crippen LogP contribution >= 0.6 is 11.3 Å². The Hall–Kier alpha value is -1.14. The topological polar surface area (TPSA) is 58.5 Å². The van der Waals surface area contributed by atoms with Gasteiger partial charge in [-0.05, 0) is 32.6 Å². The molecule has 2 N–H and O–H groups in total. The summed E-state index contributed by atoms with van der Waals surface area (Å²) in [6.07, 6.45) is 7.32. The third kappa shape index (κ3) is 3.55. The number of hydrogen-bond acceptors (Lipinski definition) is 4. The van der Waals surface area contributed by atoms with Crippen molar-refractivity contribution in [2.24, 2.45) is 4.99 Å². The van der Waals surface area contributed by atoms with E-state index in [2.05, 4.69) is 34.5 Å². The molecule has 3 atom stereocenters. The van der Waals surface area contributed by atoms with Gasteiger partial charge in [-0.15, -0.1) is 11.3 Å². The van der Waals surface area contributed by atoms with E-state index in [0.29, 0.717) is 24.8 Å². The molecule has 3 unspecified atom stereocenters. The number of hydrogen-bond donors (Lipinski definition) is 2. The fourth-order valence-corrected chi connectivity index (χ4v) is 3.80.